The number of unbranched alkanes of at least 4 members (excludes halogenated alkanes) is 2. The molecule has 0 aliphatic carbocycles. The summed E-state index contributed by atoms with van der Waals surface area (Å²) < 4.78 is 17.9. The molecule has 0 radical (unpaired) electrons. The zero-order chi connectivity index (χ0) is 55.5. The highest BCUT2D eigenvalue weighted by molar-refractivity contribution is 5.90. The smallest absolute Gasteiger partial charge is 0.317 e. The van der Waals surface area contributed by atoms with E-state index in [-0.39, 0.29) is 81.6 Å². The number of aliphatic imine (C=N–C) groups is 1. The lowest BCUT2D eigenvalue weighted by Gasteiger charge is -2.45. The van der Waals surface area contributed by atoms with Gasteiger partial charge in [-0.2, -0.15) is 0 Å². The van der Waals surface area contributed by atoms with Crippen molar-refractivity contribution in [3.05, 3.63) is 59.8 Å². The van der Waals surface area contributed by atoms with Crippen LogP contribution in [0.4, 0.5) is 0 Å². The van der Waals surface area contributed by atoms with Crippen LogP contribution >= 0.6 is 0 Å². The fourth-order valence-corrected chi connectivity index (χ4v) is 9.42. The van der Waals surface area contributed by atoms with E-state index in [0.29, 0.717) is 18.1 Å². The first-order chi connectivity index (χ1) is 34.8. The Hall–Kier alpha value is -3.57. The number of carbonyl (C=O) groups is 2. The Bertz CT molecular complexity index is 1810. The normalized spacial score (nSPS) is 35.5. The molecule has 14 N–H and O–H groups in total. The van der Waals surface area contributed by atoms with Crippen molar-refractivity contribution in [2.24, 2.45) is 34.4 Å². The molecule has 426 valence electrons. The molecule has 1 fully saturated rings. The summed E-state index contributed by atoms with van der Waals surface area (Å²) in [4.78, 5) is 27.8. The highest BCUT2D eigenvalue weighted by Gasteiger charge is 2.49. The molecule has 17 atom stereocenters. The first-order valence-corrected chi connectivity index (χ1v) is 26.7. The van der Waals surface area contributed by atoms with Gasteiger partial charge in [0, 0.05) is 69.9 Å². The Kier molecular flexibility index (Phi) is 31.4. The van der Waals surface area contributed by atoms with Gasteiger partial charge in [0.25, 0.3) is 0 Å². The molecule has 1 saturated heterocycles. The summed E-state index contributed by atoms with van der Waals surface area (Å²) in [5.41, 5.74) is 7.20. The van der Waals surface area contributed by atoms with Gasteiger partial charge in [0.15, 0.2) is 11.7 Å². The number of ether oxygens (including phenoxy) is 3. The summed E-state index contributed by atoms with van der Waals surface area (Å²) in [5.74, 6) is -5.51. The van der Waals surface area contributed by atoms with Gasteiger partial charge < -0.3 is 81.4 Å². The van der Waals surface area contributed by atoms with Gasteiger partial charge in [-0.3, -0.25) is 14.6 Å². The summed E-state index contributed by atoms with van der Waals surface area (Å²) in [5, 5.41) is 123. The van der Waals surface area contributed by atoms with Crippen molar-refractivity contribution in [2.75, 3.05) is 20.2 Å². The zero-order valence-corrected chi connectivity index (χ0v) is 45.1. The number of aliphatic hydroxyl groups excluding tert-OH is 9. The lowest BCUT2D eigenvalue weighted by atomic mass is 9.86. The highest BCUT2D eigenvalue weighted by atomic mass is 16.7. The van der Waals surface area contributed by atoms with Crippen LogP contribution in [0.25, 0.3) is 0 Å². The largest absolute Gasteiger partial charge is 0.481 e. The summed E-state index contributed by atoms with van der Waals surface area (Å²) in [6, 6.07) is 0. The summed E-state index contributed by atoms with van der Waals surface area (Å²) in [7, 11) is 1.64. The zero-order valence-electron chi connectivity index (χ0n) is 45.1. The molecule has 0 amide bonds. The van der Waals surface area contributed by atoms with Crippen LogP contribution in [0.1, 0.15) is 144 Å². The van der Waals surface area contributed by atoms with E-state index in [9.17, 15) is 65.8 Å². The number of rotatable bonds is 12. The van der Waals surface area contributed by atoms with Crippen molar-refractivity contribution in [1.82, 2.24) is 5.32 Å². The standard InChI is InChI=1S/C55H95N3O16/c1-34-17-14-19-36(3)47(64)30-48(65)39(6)45(62)23-16-22-40(59)32-55(71)53(70)49(66)29-44(74-55)28-43(73-51(69)31-50(67)68)26-41(60)25-42(61)27-46(63)35(2)20-15-21-38(5)52(72-33-34)37(4)18-12-10-8-9-11-13-24-58-54(56)57-7/h8-9,14-15,17,19-21,36-49,52-53,59-66,70-71H,10-13,16,18,22-33H2,1-7H3,(H,67,68)(H3,56,57,58)/b9-8+,19-14?,21-15?,34-17?,35-20?/t36-,37-,38+,39-,40+,41+,42+,43-,44-,45+,46-,47-,48-,49+,52-,53-,55+/m0/s1. The van der Waals surface area contributed by atoms with E-state index in [2.05, 4.69) is 36.3 Å². The van der Waals surface area contributed by atoms with Crippen LogP contribution in [0.15, 0.2) is 64.7 Å². The second kappa shape index (κ2) is 35.0. The van der Waals surface area contributed by atoms with Gasteiger partial charge in [-0.05, 0) is 88.7 Å². The third-order valence-corrected chi connectivity index (χ3v) is 14.2. The van der Waals surface area contributed by atoms with Crippen LogP contribution < -0.4 is 11.1 Å². The highest BCUT2D eigenvalue weighted by Crippen LogP contribution is 2.35. The van der Waals surface area contributed by atoms with E-state index >= 15 is 0 Å². The van der Waals surface area contributed by atoms with Crippen LogP contribution in [0, 0.1) is 23.7 Å². The van der Waals surface area contributed by atoms with Crippen molar-refractivity contribution in [2.45, 2.75) is 223 Å². The lowest BCUT2D eigenvalue weighted by Crippen LogP contribution is -2.59. The average molecular weight is 1050 g/mol. The number of hydrogen-bond donors (Lipinski definition) is 13. The van der Waals surface area contributed by atoms with Crippen LogP contribution in [0.2, 0.25) is 0 Å². The number of aliphatic hydroxyl groups is 10. The number of hydrogen-bond acceptors (Lipinski definition) is 16. The molecule has 0 spiro atoms. The van der Waals surface area contributed by atoms with Gasteiger partial charge in [-0.15, -0.1) is 0 Å². The molecule has 74 heavy (non-hydrogen) atoms. The molecule has 2 bridgehead atoms. The molecule has 0 saturated carbocycles. The molecule has 19 heteroatoms. The Balaban J connectivity index is 2.37. The molecule has 0 aromatic rings. The number of carboxylic acids is 1. The summed E-state index contributed by atoms with van der Waals surface area (Å²) >= 11 is 0. The number of esters is 1. The summed E-state index contributed by atoms with van der Waals surface area (Å²) in [6.07, 6.45) is 3.92. The predicted octanol–water partition coefficient (Wildman–Crippen LogP) is 3.60. The Labute approximate surface area is 439 Å². The van der Waals surface area contributed by atoms with E-state index in [1.807, 2.05) is 44.2 Å². The molecule has 2 heterocycles. The molecule has 2 aliphatic rings. The molecule has 0 aromatic heterocycles. The maximum Gasteiger partial charge on any atom is 0.317 e. The van der Waals surface area contributed by atoms with Crippen LogP contribution in [0.3, 0.4) is 0 Å². The van der Waals surface area contributed by atoms with Gasteiger partial charge in [-0.1, -0.05) is 76.3 Å². The first kappa shape index (κ1) is 66.5. The van der Waals surface area contributed by atoms with Crippen molar-refractivity contribution in [3.8, 4) is 0 Å². The molecule has 0 aromatic carbocycles. The molecular formula is C55H95N3O16. The number of nitrogens with two attached hydrogens (primary N) is 1. The Morgan fingerprint density at radius 1 is 0.824 bits per heavy atom. The monoisotopic (exact) mass is 1050 g/mol. The molecule has 2 aliphatic heterocycles. The van der Waals surface area contributed by atoms with E-state index < -0.39 is 104 Å². The van der Waals surface area contributed by atoms with E-state index in [4.69, 9.17) is 19.9 Å². The Morgan fingerprint density at radius 3 is 2.15 bits per heavy atom. The molecule has 0 unspecified atom stereocenters. The van der Waals surface area contributed by atoms with E-state index in [1.54, 1.807) is 27.0 Å². The SMILES string of the molecule is CN=C(N)NCCC/C=C/CCC[C@H](C)[C@@H]1OCC(C)=CC=C[C@H](C)[C@@H](O)C[C@H](O)[C@@H](C)[C@H](O)CCC[C@@H](O)C[C@@]2(O)O[C@@H](C[C@@H](OC(=O)CC(=O)O)C[C@H](O)C[C@@H](O)C[C@H](O)C(C)=CC=C[C@H]1C)C[C@@H](O)[C@@H]2O. The number of guanidine groups is 1. The quantitative estimate of drug-likeness (QED) is 0.0332. The topological polar surface area (TPSA) is 335 Å². The first-order valence-electron chi connectivity index (χ1n) is 26.7. The number of nitrogens with zero attached hydrogens (tertiary/aromatic N) is 1. The minimum Gasteiger partial charge on any atom is -0.481 e. The number of allylic oxidation sites excluding steroid dienone is 6. The van der Waals surface area contributed by atoms with Gasteiger partial charge in [-0.25, -0.2) is 0 Å². The number of carboxylic acid groups (broad SMARTS) is 1. The maximum absolute atomic E-state index is 12.6. The summed E-state index contributed by atoms with van der Waals surface area (Å²) in [6.45, 7) is 12.5. The minimum absolute atomic E-state index is 0.000699. The number of fused-ring (bicyclic) bond motifs is 2. The third-order valence-electron chi connectivity index (χ3n) is 14.2. The minimum atomic E-state index is -2.48. The van der Waals surface area contributed by atoms with Crippen molar-refractivity contribution >= 4 is 17.9 Å². The van der Waals surface area contributed by atoms with Crippen molar-refractivity contribution in [1.29, 1.82) is 0 Å². The maximum atomic E-state index is 12.6. The number of carbonyl (C=O) groups excluding carboxylic acids is 1. The van der Waals surface area contributed by atoms with Crippen LogP contribution in [0.5, 0.6) is 0 Å². The molecule has 19 nitrogen and oxygen atoms in total. The van der Waals surface area contributed by atoms with Gasteiger partial charge in [0.2, 0.25) is 0 Å². The molecular weight excluding hydrogens is 959 g/mol. The van der Waals surface area contributed by atoms with Crippen LogP contribution in [-0.2, 0) is 23.8 Å². The second-order valence-corrected chi connectivity index (χ2v) is 21.1. The fraction of sp³-hybridized carbons (Fsp3) is 0.764. The third kappa shape index (κ3) is 26.0. The fourth-order valence-electron chi connectivity index (χ4n) is 9.42. The lowest BCUT2D eigenvalue weighted by molar-refractivity contribution is -0.332. The van der Waals surface area contributed by atoms with Crippen molar-refractivity contribution < 1.29 is 80.0 Å². The number of aliphatic carboxylic acids is 1. The van der Waals surface area contributed by atoms with E-state index in [0.717, 1.165) is 44.2 Å². The predicted molar refractivity (Wildman–Crippen MR) is 282 cm³/mol. The van der Waals surface area contributed by atoms with Crippen molar-refractivity contribution in [3.63, 3.8) is 0 Å². The van der Waals surface area contributed by atoms with Gasteiger partial charge in [0.1, 0.15) is 18.6 Å². The second-order valence-electron chi connectivity index (χ2n) is 21.1. The Morgan fingerprint density at radius 2 is 1.47 bits per heavy atom. The van der Waals surface area contributed by atoms with Crippen LogP contribution in [-0.4, -0.2) is 173 Å². The molecule has 2 rings (SSSR count). The van der Waals surface area contributed by atoms with Gasteiger partial charge >= 0.3 is 11.9 Å². The van der Waals surface area contributed by atoms with Gasteiger partial charge in [0.05, 0.1) is 67.6 Å². The van der Waals surface area contributed by atoms with E-state index in [1.165, 1.54) is 0 Å². The number of nitrogens with one attached hydrogen (secondary N) is 1. The average Bonchev–Trinajstić information content (AvgIpc) is 3.31.